The Kier molecular flexibility index (Phi) is 5.14. The minimum Gasteiger partial charge on any atom is -0.484 e. The minimum atomic E-state index is -1.42. The van der Waals surface area contributed by atoms with E-state index in [-0.39, 0.29) is 19.1 Å². The second kappa shape index (κ2) is 7.88. The molecule has 0 aliphatic heterocycles. The van der Waals surface area contributed by atoms with Crippen molar-refractivity contribution in [2.24, 2.45) is 0 Å². The Hall–Kier alpha value is -3.09. The van der Waals surface area contributed by atoms with Crippen molar-refractivity contribution in [2.45, 2.75) is 5.60 Å². The molecule has 6 heteroatoms. The lowest BCUT2D eigenvalue weighted by molar-refractivity contribution is -0.124. The zero-order valence-corrected chi connectivity index (χ0v) is 15.8. The van der Waals surface area contributed by atoms with Gasteiger partial charge in [0.1, 0.15) is 11.5 Å². The van der Waals surface area contributed by atoms with Crippen LogP contribution in [0.3, 0.4) is 0 Å². The van der Waals surface area contributed by atoms with E-state index in [4.69, 9.17) is 9.15 Å². The van der Waals surface area contributed by atoms with Gasteiger partial charge < -0.3 is 19.6 Å². The van der Waals surface area contributed by atoms with Crippen LogP contribution in [0, 0.1) is 0 Å². The van der Waals surface area contributed by atoms with Gasteiger partial charge in [-0.2, -0.15) is 0 Å². The Balaban J connectivity index is 1.40. The normalized spacial score (nSPS) is 13.2. The Morgan fingerprint density at radius 2 is 1.93 bits per heavy atom. The fraction of sp³-hybridized carbons (Fsp3) is 0.136. The molecule has 5 nitrogen and oxygen atoms in total. The maximum absolute atomic E-state index is 12.3. The van der Waals surface area contributed by atoms with Crippen molar-refractivity contribution in [3.05, 3.63) is 89.0 Å². The molecule has 1 atom stereocenters. The molecule has 2 aromatic heterocycles. The zero-order chi connectivity index (χ0) is 19.4. The van der Waals surface area contributed by atoms with Gasteiger partial charge in [0, 0.05) is 4.88 Å². The Morgan fingerprint density at radius 3 is 2.68 bits per heavy atom. The smallest absolute Gasteiger partial charge is 0.258 e. The number of thiophene rings is 1. The summed E-state index contributed by atoms with van der Waals surface area (Å²) in [6.45, 7) is -0.155. The maximum atomic E-state index is 12.3. The average Bonchev–Trinajstić information content (AvgIpc) is 3.45. The van der Waals surface area contributed by atoms with E-state index in [0.717, 1.165) is 10.8 Å². The van der Waals surface area contributed by atoms with Crippen LogP contribution < -0.4 is 10.1 Å². The van der Waals surface area contributed by atoms with Crippen LogP contribution in [0.2, 0.25) is 0 Å². The summed E-state index contributed by atoms with van der Waals surface area (Å²) in [5, 5.41) is 17.9. The first-order valence-electron chi connectivity index (χ1n) is 8.84. The summed E-state index contributed by atoms with van der Waals surface area (Å²) >= 11 is 1.40. The summed E-state index contributed by atoms with van der Waals surface area (Å²) in [7, 11) is 0. The van der Waals surface area contributed by atoms with Crippen LogP contribution in [0.4, 0.5) is 0 Å². The Morgan fingerprint density at radius 1 is 1.07 bits per heavy atom. The number of benzene rings is 2. The van der Waals surface area contributed by atoms with Crippen LogP contribution in [0.25, 0.3) is 10.8 Å². The number of carbonyl (C=O) groups is 1. The van der Waals surface area contributed by atoms with Crippen LogP contribution >= 0.6 is 11.3 Å². The van der Waals surface area contributed by atoms with Crippen molar-refractivity contribution in [1.82, 2.24) is 5.32 Å². The largest absolute Gasteiger partial charge is 0.484 e. The number of rotatable bonds is 7. The van der Waals surface area contributed by atoms with Crippen LogP contribution in [0.1, 0.15) is 10.6 Å². The van der Waals surface area contributed by atoms with Crippen molar-refractivity contribution in [3.8, 4) is 5.75 Å². The number of hydrogen-bond acceptors (Lipinski definition) is 5. The van der Waals surface area contributed by atoms with E-state index in [0.29, 0.717) is 16.4 Å². The van der Waals surface area contributed by atoms with Gasteiger partial charge in [-0.15, -0.1) is 11.3 Å². The SMILES string of the molecule is O=C(COc1ccc2ccccc2c1)NCC(O)(c1ccco1)c1cccs1. The molecule has 0 saturated heterocycles. The first kappa shape index (κ1) is 18.3. The molecular formula is C22H19NO4S. The van der Waals surface area contributed by atoms with E-state index < -0.39 is 5.60 Å². The van der Waals surface area contributed by atoms with E-state index in [1.165, 1.54) is 17.6 Å². The molecule has 142 valence electrons. The lowest BCUT2D eigenvalue weighted by atomic mass is 9.98. The monoisotopic (exact) mass is 393 g/mol. The molecule has 28 heavy (non-hydrogen) atoms. The van der Waals surface area contributed by atoms with Crippen LogP contribution in [-0.2, 0) is 10.4 Å². The summed E-state index contributed by atoms with van der Waals surface area (Å²) in [6.07, 6.45) is 1.50. The quantitative estimate of drug-likeness (QED) is 0.499. The van der Waals surface area contributed by atoms with Crippen molar-refractivity contribution in [3.63, 3.8) is 0 Å². The fourth-order valence-corrected chi connectivity index (χ4v) is 3.84. The van der Waals surface area contributed by atoms with Gasteiger partial charge in [-0.1, -0.05) is 36.4 Å². The third kappa shape index (κ3) is 3.78. The Labute approximate surface area is 166 Å². The van der Waals surface area contributed by atoms with Gasteiger partial charge in [-0.3, -0.25) is 4.79 Å². The predicted molar refractivity (Wildman–Crippen MR) is 108 cm³/mol. The molecule has 0 saturated carbocycles. The van der Waals surface area contributed by atoms with Gasteiger partial charge in [0.25, 0.3) is 5.91 Å². The topological polar surface area (TPSA) is 71.7 Å². The van der Waals surface area contributed by atoms with Gasteiger partial charge >= 0.3 is 0 Å². The van der Waals surface area contributed by atoms with E-state index in [2.05, 4.69) is 5.32 Å². The molecule has 4 rings (SSSR count). The number of hydrogen-bond donors (Lipinski definition) is 2. The summed E-state index contributed by atoms with van der Waals surface area (Å²) in [6, 6.07) is 20.7. The van der Waals surface area contributed by atoms with Crippen LogP contribution in [0.15, 0.2) is 82.8 Å². The molecule has 0 aliphatic rings. The third-order valence-corrected chi connectivity index (χ3v) is 5.51. The van der Waals surface area contributed by atoms with Crippen molar-refractivity contribution in [2.75, 3.05) is 13.2 Å². The summed E-state index contributed by atoms with van der Waals surface area (Å²) in [4.78, 5) is 13.0. The maximum Gasteiger partial charge on any atom is 0.258 e. The standard InChI is InChI=1S/C22H19NO4S/c24-21(14-27-18-10-9-16-5-1-2-6-17(16)13-18)23-15-22(25,19-7-3-11-26-19)20-8-4-12-28-20/h1-13,25H,14-15H2,(H,23,24). The number of aliphatic hydroxyl groups is 1. The molecule has 0 bridgehead atoms. The number of nitrogens with one attached hydrogen (secondary N) is 1. The highest BCUT2D eigenvalue weighted by molar-refractivity contribution is 7.10. The number of amides is 1. The van der Waals surface area contributed by atoms with Crippen molar-refractivity contribution >= 4 is 28.0 Å². The molecular weight excluding hydrogens is 374 g/mol. The average molecular weight is 393 g/mol. The molecule has 0 fully saturated rings. The minimum absolute atomic E-state index is 0.0130. The zero-order valence-electron chi connectivity index (χ0n) is 15.0. The van der Waals surface area contributed by atoms with E-state index >= 15 is 0 Å². The number of furan rings is 1. The second-order valence-electron chi connectivity index (χ2n) is 6.39. The van der Waals surface area contributed by atoms with Gasteiger partial charge in [0.2, 0.25) is 0 Å². The molecule has 2 aromatic carbocycles. The molecule has 1 amide bonds. The Bertz CT molecular complexity index is 1020. The van der Waals surface area contributed by atoms with Gasteiger partial charge in [-0.05, 0) is 46.5 Å². The number of carbonyl (C=O) groups excluding carboxylic acids is 1. The molecule has 2 heterocycles. The second-order valence-corrected chi connectivity index (χ2v) is 7.34. The third-order valence-electron chi connectivity index (χ3n) is 4.49. The van der Waals surface area contributed by atoms with Crippen LogP contribution in [0.5, 0.6) is 5.75 Å². The van der Waals surface area contributed by atoms with Gasteiger partial charge in [0.05, 0.1) is 12.8 Å². The van der Waals surface area contributed by atoms with E-state index in [9.17, 15) is 9.90 Å². The lowest BCUT2D eigenvalue weighted by Crippen LogP contribution is -2.42. The first-order valence-corrected chi connectivity index (χ1v) is 9.72. The summed E-state index contributed by atoms with van der Waals surface area (Å²) in [5.41, 5.74) is -1.42. The summed E-state index contributed by atoms with van der Waals surface area (Å²) in [5.74, 6) is 0.675. The molecule has 2 N–H and O–H groups in total. The molecule has 0 spiro atoms. The number of fused-ring (bicyclic) bond motifs is 1. The molecule has 1 unspecified atom stereocenters. The highest BCUT2D eigenvalue weighted by atomic mass is 32.1. The van der Waals surface area contributed by atoms with Gasteiger partial charge in [-0.25, -0.2) is 0 Å². The fourth-order valence-electron chi connectivity index (χ4n) is 3.01. The van der Waals surface area contributed by atoms with E-state index in [1.807, 2.05) is 60.0 Å². The first-order chi connectivity index (χ1) is 13.6. The predicted octanol–water partition coefficient (Wildman–Crippen LogP) is 3.93. The van der Waals surface area contributed by atoms with Crippen molar-refractivity contribution in [1.29, 1.82) is 0 Å². The molecule has 4 aromatic rings. The lowest BCUT2D eigenvalue weighted by Gasteiger charge is -2.25. The molecule has 0 radical (unpaired) electrons. The number of ether oxygens (including phenoxy) is 1. The summed E-state index contributed by atoms with van der Waals surface area (Å²) < 4.78 is 11.0. The van der Waals surface area contributed by atoms with Gasteiger partial charge in [0.15, 0.2) is 12.2 Å². The van der Waals surface area contributed by atoms with Crippen molar-refractivity contribution < 1.29 is 19.1 Å². The highest BCUT2D eigenvalue weighted by Crippen LogP contribution is 2.32. The highest BCUT2D eigenvalue weighted by Gasteiger charge is 2.36. The van der Waals surface area contributed by atoms with E-state index in [1.54, 1.807) is 12.1 Å². The van der Waals surface area contributed by atoms with Crippen LogP contribution in [-0.4, -0.2) is 24.2 Å². The molecule has 0 aliphatic carbocycles.